The van der Waals surface area contributed by atoms with Gasteiger partial charge in [0.15, 0.2) is 0 Å². The van der Waals surface area contributed by atoms with Gasteiger partial charge in [-0.05, 0) is 36.6 Å². The van der Waals surface area contributed by atoms with Gasteiger partial charge in [0.25, 0.3) is 5.91 Å². The number of nitrogens with zero attached hydrogens (tertiary/aromatic N) is 2. The van der Waals surface area contributed by atoms with Gasteiger partial charge in [-0.2, -0.15) is 5.26 Å². The summed E-state index contributed by atoms with van der Waals surface area (Å²) in [6, 6.07) is 10.6. The summed E-state index contributed by atoms with van der Waals surface area (Å²) in [6.07, 6.45) is 8.07. The largest absolute Gasteiger partial charge is 0.341 e. The van der Waals surface area contributed by atoms with Gasteiger partial charge in [-0.1, -0.05) is 38.2 Å². The van der Waals surface area contributed by atoms with Gasteiger partial charge in [0.05, 0.1) is 21.5 Å². The Morgan fingerprint density at radius 2 is 2.04 bits per heavy atom. The Labute approximate surface area is 169 Å². The van der Waals surface area contributed by atoms with Crippen molar-refractivity contribution in [1.29, 1.82) is 5.26 Å². The Morgan fingerprint density at radius 3 is 2.75 bits per heavy atom. The summed E-state index contributed by atoms with van der Waals surface area (Å²) in [4.78, 5) is 31.0. The molecule has 0 bridgehead atoms. The van der Waals surface area contributed by atoms with Crippen molar-refractivity contribution < 1.29 is 9.59 Å². The third-order valence-corrected chi connectivity index (χ3v) is 6.11. The maximum absolute atomic E-state index is 12.8. The zero-order valence-electron chi connectivity index (χ0n) is 15.7. The Kier molecular flexibility index (Phi) is 7.15. The number of nitriles is 1. The highest BCUT2D eigenvalue weighted by Crippen LogP contribution is 2.29. The van der Waals surface area contributed by atoms with Gasteiger partial charge in [0.2, 0.25) is 5.91 Å². The summed E-state index contributed by atoms with van der Waals surface area (Å²) in [5.41, 5.74) is 0.817. The number of carbonyl (C=O) groups excluding carboxylic acids is 2. The molecule has 0 aromatic carbocycles. The first-order valence-electron chi connectivity index (χ1n) is 9.64. The van der Waals surface area contributed by atoms with Crippen molar-refractivity contribution in [3.05, 3.63) is 41.4 Å². The molecule has 2 aromatic rings. The molecule has 0 radical (unpaired) electrons. The van der Waals surface area contributed by atoms with Crippen LogP contribution in [0.5, 0.6) is 0 Å². The molecule has 2 amide bonds. The van der Waals surface area contributed by atoms with Crippen LogP contribution in [-0.2, 0) is 4.79 Å². The molecule has 0 saturated heterocycles. The smallest absolute Gasteiger partial charge is 0.262 e. The van der Waals surface area contributed by atoms with E-state index in [1.54, 1.807) is 12.3 Å². The Balaban J connectivity index is 1.68. The third kappa shape index (κ3) is 5.40. The van der Waals surface area contributed by atoms with Crippen LogP contribution in [0.4, 0.5) is 0 Å². The summed E-state index contributed by atoms with van der Waals surface area (Å²) >= 11 is 1.35. The molecule has 0 unspecified atom stereocenters. The predicted molar refractivity (Wildman–Crippen MR) is 109 cm³/mol. The van der Waals surface area contributed by atoms with Crippen LogP contribution in [0.1, 0.15) is 48.2 Å². The Bertz CT molecular complexity index is 838. The molecule has 1 atom stereocenters. The third-order valence-electron chi connectivity index (χ3n) is 5.00. The molecule has 0 spiro atoms. The van der Waals surface area contributed by atoms with Crippen molar-refractivity contribution in [2.24, 2.45) is 5.92 Å². The van der Waals surface area contributed by atoms with Crippen molar-refractivity contribution in [3.8, 4) is 16.6 Å². The number of carbonyl (C=O) groups is 2. The van der Waals surface area contributed by atoms with Crippen LogP contribution in [0.2, 0.25) is 0 Å². The standard InChI is InChI=1S/C21H24N4O2S/c22-11-13-24-20(26)17(14-15-6-2-1-3-7-15)25-21(27)19-10-9-18(28-19)16-8-4-5-12-23-16/h4-5,8-10,12,15,17H,1-3,6-7,13-14H2,(H,24,26)(H,25,27)/t17-/m0/s1. The topological polar surface area (TPSA) is 94.9 Å². The van der Waals surface area contributed by atoms with E-state index in [9.17, 15) is 9.59 Å². The van der Waals surface area contributed by atoms with E-state index in [4.69, 9.17) is 5.26 Å². The zero-order chi connectivity index (χ0) is 19.8. The van der Waals surface area contributed by atoms with E-state index in [0.29, 0.717) is 17.2 Å². The first kappa shape index (κ1) is 20.0. The van der Waals surface area contributed by atoms with Crippen LogP contribution in [0, 0.1) is 17.2 Å². The van der Waals surface area contributed by atoms with Crippen molar-refractivity contribution in [2.75, 3.05) is 6.54 Å². The van der Waals surface area contributed by atoms with E-state index in [1.807, 2.05) is 30.3 Å². The van der Waals surface area contributed by atoms with Crippen molar-refractivity contribution >= 4 is 23.2 Å². The van der Waals surface area contributed by atoms with Gasteiger partial charge < -0.3 is 10.6 Å². The van der Waals surface area contributed by atoms with Crippen molar-refractivity contribution in [3.63, 3.8) is 0 Å². The van der Waals surface area contributed by atoms with Crippen LogP contribution >= 0.6 is 11.3 Å². The van der Waals surface area contributed by atoms with E-state index in [2.05, 4.69) is 15.6 Å². The number of amides is 2. The molecule has 146 valence electrons. The Morgan fingerprint density at radius 1 is 1.21 bits per heavy atom. The normalized spacial score (nSPS) is 15.4. The summed E-state index contributed by atoms with van der Waals surface area (Å²) < 4.78 is 0. The average Bonchev–Trinajstić information content (AvgIpc) is 3.23. The van der Waals surface area contributed by atoms with E-state index in [1.165, 1.54) is 30.6 Å². The maximum Gasteiger partial charge on any atom is 0.262 e. The minimum Gasteiger partial charge on any atom is -0.341 e. The van der Waals surface area contributed by atoms with Gasteiger partial charge in [-0.25, -0.2) is 0 Å². The van der Waals surface area contributed by atoms with Gasteiger partial charge in [-0.15, -0.1) is 11.3 Å². The summed E-state index contributed by atoms with van der Waals surface area (Å²) in [5.74, 6) is -0.124. The fraction of sp³-hybridized carbons (Fsp3) is 0.429. The summed E-state index contributed by atoms with van der Waals surface area (Å²) in [6.45, 7) is -0.0568. The molecule has 28 heavy (non-hydrogen) atoms. The highest BCUT2D eigenvalue weighted by molar-refractivity contribution is 7.17. The number of pyridine rings is 1. The van der Waals surface area contributed by atoms with E-state index in [-0.39, 0.29) is 18.4 Å². The van der Waals surface area contributed by atoms with E-state index >= 15 is 0 Å². The fourth-order valence-electron chi connectivity index (χ4n) is 3.57. The molecule has 7 heteroatoms. The lowest BCUT2D eigenvalue weighted by molar-refractivity contribution is -0.123. The lowest BCUT2D eigenvalue weighted by atomic mass is 9.84. The van der Waals surface area contributed by atoms with Crippen LogP contribution < -0.4 is 10.6 Å². The molecule has 3 rings (SSSR count). The van der Waals surface area contributed by atoms with Crippen molar-refractivity contribution in [1.82, 2.24) is 15.6 Å². The van der Waals surface area contributed by atoms with Crippen LogP contribution in [0.25, 0.3) is 10.6 Å². The fourth-order valence-corrected chi connectivity index (χ4v) is 4.46. The molecule has 1 aliphatic carbocycles. The zero-order valence-corrected chi connectivity index (χ0v) is 16.5. The second-order valence-corrected chi connectivity index (χ2v) is 8.10. The molecule has 2 heterocycles. The quantitative estimate of drug-likeness (QED) is 0.700. The molecular formula is C21H24N4O2S. The number of hydrogen-bond acceptors (Lipinski definition) is 5. The summed E-state index contributed by atoms with van der Waals surface area (Å²) in [5, 5.41) is 14.2. The van der Waals surface area contributed by atoms with Gasteiger partial charge >= 0.3 is 0 Å². The Hall–Kier alpha value is -2.72. The molecule has 1 aliphatic rings. The molecule has 1 saturated carbocycles. The van der Waals surface area contributed by atoms with Gasteiger partial charge in [0, 0.05) is 6.20 Å². The predicted octanol–water partition coefficient (Wildman–Crippen LogP) is 3.52. The van der Waals surface area contributed by atoms with Crippen LogP contribution in [0.3, 0.4) is 0 Å². The lowest BCUT2D eigenvalue weighted by Crippen LogP contribution is -2.47. The minimum atomic E-state index is -0.621. The maximum atomic E-state index is 12.8. The van der Waals surface area contributed by atoms with E-state index in [0.717, 1.165) is 23.4 Å². The van der Waals surface area contributed by atoms with Gasteiger partial charge in [0.1, 0.15) is 12.6 Å². The minimum absolute atomic E-state index is 0.0568. The highest BCUT2D eigenvalue weighted by atomic mass is 32.1. The number of thiophene rings is 1. The molecule has 2 aromatic heterocycles. The average molecular weight is 397 g/mol. The molecule has 2 N–H and O–H groups in total. The number of rotatable bonds is 7. The van der Waals surface area contributed by atoms with Crippen LogP contribution in [-0.4, -0.2) is 29.4 Å². The number of nitrogens with one attached hydrogen (secondary N) is 2. The first-order valence-corrected chi connectivity index (χ1v) is 10.5. The lowest BCUT2D eigenvalue weighted by Gasteiger charge is -2.26. The number of aromatic nitrogens is 1. The first-order chi connectivity index (χ1) is 13.7. The number of hydrogen-bond donors (Lipinski definition) is 2. The van der Waals surface area contributed by atoms with E-state index < -0.39 is 6.04 Å². The second-order valence-electron chi connectivity index (χ2n) is 7.02. The molecule has 0 aliphatic heterocycles. The van der Waals surface area contributed by atoms with Crippen LogP contribution in [0.15, 0.2) is 36.5 Å². The monoisotopic (exact) mass is 396 g/mol. The molecule has 1 fully saturated rings. The highest BCUT2D eigenvalue weighted by Gasteiger charge is 2.26. The molecule has 6 nitrogen and oxygen atoms in total. The summed E-state index contributed by atoms with van der Waals surface area (Å²) in [7, 11) is 0. The van der Waals surface area contributed by atoms with Gasteiger partial charge in [-0.3, -0.25) is 14.6 Å². The second kappa shape index (κ2) is 10.00. The SMILES string of the molecule is N#CCNC(=O)[C@H](CC1CCCCC1)NC(=O)c1ccc(-c2ccccn2)s1. The van der Waals surface area contributed by atoms with Crippen molar-refractivity contribution in [2.45, 2.75) is 44.6 Å². The molecular weight excluding hydrogens is 372 g/mol.